The van der Waals surface area contributed by atoms with E-state index in [2.05, 4.69) is 19.9 Å². The number of carbonyl (C=O) groups excluding carboxylic acids is 1. The van der Waals surface area contributed by atoms with Gasteiger partial charge in [-0.25, -0.2) is 9.97 Å². The van der Waals surface area contributed by atoms with Crippen LogP contribution in [-0.2, 0) is 6.54 Å². The molecule has 6 nitrogen and oxygen atoms in total. The normalized spacial score (nSPS) is 17.6. The largest absolute Gasteiger partial charge is 0.466 e. The number of carbonyl (C=O) groups is 1. The topological polar surface area (TPSA) is 64.2 Å². The molecule has 1 saturated heterocycles. The Balaban J connectivity index is 1.51. The van der Waals surface area contributed by atoms with Gasteiger partial charge in [0, 0.05) is 36.8 Å². The number of piperidine rings is 1. The molecule has 26 heavy (non-hydrogen) atoms. The zero-order valence-electron chi connectivity index (χ0n) is 15.0. The van der Waals surface area contributed by atoms with E-state index in [0.29, 0.717) is 17.9 Å². The molecule has 4 rings (SSSR count). The van der Waals surface area contributed by atoms with Crippen molar-refractivity contribution in [1.82, 2.24) is 19.4 Å². The molecular weight excluding hydrogens is 348 g/mol. The van der Waals surface area contributed by atoms with E-state index in [9.17, 15) is 4.79 Å². The molecule has 1 atom stereocenters. The maximum Gasteiger partial charge on any atom is 0.257 e. The molecule has 1 aliphatic rings. The predicted octanol–water partition coefficient (Wildman–Crippen LogP) is 3.62. The molecule has 0 bridgehead atoms. The van der Waals surface area contributed by atoms with Gasteiger partial charge in [-0.05, 0) is 32.8 Å². The van der Waals surface area contributed by atoms with E-state index < -0.39 is 0 Å². The molecule has 0 radical (unpaired) electrons. The second kappa shape index (κ2) is 7.07. The molecule has 0 aliphatic carbocycles. The number of aromatic nitrogens is 3. The molecule has 0 saturated carbocycles. The van der Waals surface area contributed by atoms with Gasteiger partial charge in [0.1, 0.15) is 17.3 Å². The minimum Gasteiger partial charge on any atom is -0.466 e. The molecule has 7 heteroatoms. The average molecular weight is 370 g/mol. The number of nitrogens with zero attached hydrogens (tertiary/aromatic N) is 4. The molecule has 1 aliphatic heterocycles. The fraction of sp³-hybridized carbons (Fsp3) is 0.421. The number of likely N-dealkylation sites (tertiary alicyclic amines) is 1. The standard InChI is InChI=1S/C19H22N4O2S/c1-13-8-17(14(2)25-13)19(24)23-6-3-4-15(9-23)18-20-5-7-22(18)10-16-11-26-12-21-16/h5,7-8,11-12,15H,3-4,6,9-10H2,1-2H3/t15-/m1/s1. The highest BCUT2D eigenvalue weighted by atomic mass is 32.1. The summed E-state index contributed by atoms with van der Waals surface area (Å²) in [5.74, 6) is 2.81. The van der Waals surface area contributed by atoms with E-state index >= 15 is 0 Å². The van der Waals surface area contributed by atoms with Gasteiger partial charge in [0.15, 0.2) is 0 Å². The number of aryl methyl sites for hydroxylation is 2. The molecule has 0 spiro atoms. The fourth-order valence-electron chi connectivity index (χ4n) is 3.69. The lowest BCUT2D eigenvalue weighted by Gasteiger charge is -2.32. The van der Waals surface area contributed by atoms with Crippen molar-refractivity contribution < 1.29 is 9.21 Å². The third-order valence-corrected chi connectivity index (χ3v) is 5.54. The molecule has 0 unspecified atom stereocenters. The van der Waals surface area contributed by atoms with Crippen LogP contribution < -0.4 is 0 Å². The van der Waals surface area contributed by atoms with Crippen molar-refractivity contribution in [2.24, 2.45) is 0 Å². The van der Waals surface area contributed by atoms with Gasteiger partial charge in [-0.3, -0.25) is 4.79 Å². The molecule has 3 aromatic rings. The number of hydrogen-bond acceptors (Lipinski definition) is 5. The highest BCUT2D eigenvalue weighted by Crippen LogP contribution is 2.28. The van der Waals surface area contributed by atoms with Gasteiger partial charge >= 0.3 is 0 Å². The summed E-state index contributed by atoms with van der Waals surface area (Å²) >= 11 is 1.60. The van der Waals surface area contributed by atoms with E-state index in [1.807, 2.05) is 42.7 Å². The van der Waals surface area contributed by atoms with E-state index in [1.54, 1.807) is 11.3 Å². The smallest absolute Gasteiger partial charge is 0.257 e. The zero-order chi connectivity index (χ0) is 18.1. The van der Waals surface area contributed by atoms with Crippen LogP contribution >= 0.6 is 11.3 Å². The Morgan fingerprint density at radius 2 is 2.27 bits per heavy atom. The van der Waals surface area contributed by atoms with Gasteiger partial charge in [-0.1, -0.05) is 0 Å². The SMILES string of the molecule is Cc1cc(C(=O)N2CCC[C@@H](c3nccn3Cc3cscn3)C2)c(C)o1. The van der Waals surface area contributed by atoms with E-state index in [0.717, 1.165) is 43.2 Å². The van der Waals surface area contributed by atoms with Crippen LogP contribution in [0.4, 0.5) is 0 Å². The lowest BCUT2D eigenvalue weighted by molar-refractivity contribution is 0.0701. The summed E-state index contributed by atoms with van der Waals surface area (Å²) in [4.78, 5) is 23.8. The van der Waals surface area contributed by atoms with Gasteiger partial charge in [0.05, 0.1) is 23.3 Å². The van der Waals surface area contributed by atoms with Crippen LogP contribution in [0.1, 0.15) is 52.2 Å². The molecule has 0 N–H and O–H groups in total. The first kappa shape index (κ1) is 17.0. The molecule has 1 fully saturated rings. The van der Waals surface area contributed by atoms with Gasteiger partial charge in [-0.15, -0.1) is 11.3 Å². The van der Waals surface area contributed by atoms with Crippen molar-refractivity contribution in [3.63, 3.8) is 0 Å². The second-order valence-electron chi connectivity index (χ2n) is 6.81. The number of hydrogen-bond donors (Lipinski definition) is 0. The van der Waals surface area contributed by atoms with Crippen LogP contribution in [0.5, 0.6) is 0 Å². The summed E-state index contributed by atoms with van der Waals surface area (Å²) < 4.78 is 7.69. The molecular formula is C19H22N4O2S. The number of rotatable bonds is 4. The third-order valence-electron chi connectivity index (χ3n) is 4.91. The van der Waals surface area contributed by atoms with Gasteiger partial charge < -0.3 is 13.9 Å². The van der Waals surface area contributed by atoms with Crippen molar-refractivity contribution in [1.29, 1.82) is 0 Å². The molecule has 136 valence electrons. The maximum absolute atomic E-state index is 12.9. The lowest BCUT2D eigenvalue weighted by Crippen LogP contribution is -2.39. The summed E-state index contributed by atoms with van der Waals surface area (Å²) in [6, 6.07) is 1.84. The van der Waals surface area contributed by atoms with Crippen LogP contribution in [-0.4, -0.2) is 38.4 Å². The Labute approximate surface area is 156 Å². The highest BCUT2D eigenvalue weighted by molar-refractivity contribution is 7.07. The summed E-state index contributed by atoms with van der Waals surface area (Å²) in [5, 5.41) is 2.06. The number of imidazole rings is 1. The third kappa shape index (κ3) is 3.31. The maximum atomic E-state index is 12.9. The van der Waals surface area contributed by atoms with Gasteiger partial charge in [0.25, 0.3) is 5.91 Å². The van der Waals surface area contributed by atoms with Crippen molar-refractivity contribution in [3.8, 4) is 0 Å². The minimum atomic E-state index is 0.0571. The Morgan fingerprint density at radius 1 is 1.38 bits per heavy atom. The van der Waals surface area contributed by atoms with Crippen LogP contribution in [0.3, 0.4) is 0 Å². The highest BCUT2D eigenvalue weighted by Gasteiger charge is 2.29. The second-order valence-corrected chi connectivity index (χ2v) is 7.53. The Bertz CT molecular complexity index is 897. The molecule has 0 aromatic carbocycles. The molecule has 4 heterocycles. The minimum absolute atomic E-state index is 0.0571. The monoisotopic (exact) mass is 370 g/mol. The summed E-state index contributed by atoms with van der Waals surface area (Å²) in [7, 11) is 0. The van der Waals surface area contributed by atoms with Crippen LogP contribution in [0.2, 0.25) is 0 Å². The first-order valence-electron chi connectivity index (χ1n) is 8.86. The predicted molar refractivity (Wildman–Crippen MR) is 99.5 cm³/mol. The molecule has 1 amide bonds. The number of amides is 1. The molecule has 3 aromatic heterocycles. The summed E-state index contributed by atoms with van der Waals surface area (Å²) in [6.07, 6.45) is 5.86. The van der Waals surface area contributed by atoms with Gasteiger partial charge in [-0.2, -0.15) is 0 Å². The Hall–Kier alpha value is -2.41. The zero-order valence-corrected chi connectivity index (χ0v) is 15.8. The summed E-state index contributed by atoms with van der Waals surface area (Å²) in [6.45, 7) is 5.92. The summed E-state index contributed by atoms with van der Waals surface area (Å²) in [5.41, 5.74) is 3.57. The van der Waals surface area contributed by atoms with Crippen LogP contribution in [0.25, 0.3) is 0 Å². The van der Waals surface area contributed by atoms with Crippen molar-refractivity contribution in [3.05, 3.63) is 58.0 Å². The Kier molecular flexibility index (Phi) is 4.63. The quantitative estimate of drug-likeness (QED) is 0.704. The average Bonchev–Trinajstić information content (AvgIpc) is 3.37. The van der Waals surface area contributed by atoms with Crippen LogP contribution in [0.15, 0.2) is 33.8 Å². The van der Waals surface area contributed by atoms with Crippen molar-refractivity contribution in [2.75, 3.05) is 13.1 Å². The Morgan fingerprint density at radius 3 is 3.00 bits per heavy atom. The van der Waals surface area contributed by atoms with Crippen molar-refractivity contribution in [2.45, 2.75) is 39.2 Å². The fourth-order valence-corrected chi connectivity index (χ4v) is 4.24. The van der Waals surface area contributed by atoms with Gasteiger partial charge in [0.2, 0.25) is 0 Å². The van der Waals surface area contributed by atoms with E-state index in [-0.39, 0.29) is 11.8 Å². The van der Waals surface area contributed by atoms with E-state index in [1.165, 1.54) is 0 Å². The first-order valence-corrected chi connectivity index (χ1v) is 9.80. The lowest BCUT2D eigenvalue weighted by atomic mass is 9.96. The van der Waals surface area contributed by atoms with Crippen molar-refractivity contribution >= 4 is 17.2 Å². The van der Waals surface area contributed by atoms with E-state index in [4.69, 9.17) is 4.42 Å². The first-order chi connectivity index (χ1) is 12.6. The number of furan rings is 1. The van der Waals surface area contributed by atoms with Crippen LogP contribution in [0, 0.1) is 13.8 Å². The number of thiazole rings is 1.